The first kappa shape index (κ1) is 14.3. The maximum atomic E-state index is 4.21. The number of nitrogens with zero attached hydrogens (tertiary/aromatic N) is 2. The van der Waals surface area contributed by atoms with E-state index in [4.69, 9.17) is 0 Å². The standard InChI is InChI=1S/C15H28N2/c1-7-14(3,4)11-13(15(5,6)8-2)17-10-9-16-12-17/h9-10,12-13H,7-8,11H2,1-6H3. The minimum Gasteiger partial charge on any atom is -0.334 e. The van der Waals surface area contributed by atoms with Crippen LogP contribution in [0.4, 0.5) is 0 Å². The first-order valence-corrected chi connectivity index (χ1v) is 6.80. The van der Waals surface area contributed by atoms with Crippen LogP contribution < -0.4 is 0 Å². The minimum atomic E-state index is 0.313. The summed E-state index contributed by atoms with van der Waals surface area (Å²) in [7, 11) is 0. The summed E-state index contributed by atoms with van der Waals surface area (Å²) in [5, 5.41) is 0. The third kappa shape index (κ3) is 3.58. The van der Waals surface area contributed by atoms with Crippen molar-refractivity contribution in [1.82, 2.24) is 9.55 Å². The third-order valence-electron chi connectivity index (χ3n) is 4.40. The molecule has 1 heterocycles. The minimum absolute atomic E-state index is 0.313. The highest BCUT2D eigenvalue weighted by atomic mass is 15.1. The Bertz CT molecular complexity index is 323. The Labute approximate surface area is 106 Å². The Morgan fingerprint density at radius 3 is 2.18 bits per heavy atom. The number of aromatic nitrogens is 2. The molecule has 0 saturated heterocycles. The topological polar surface area (TPSA) is 17.8 Å². The van der Waals surface area contributed by atoms with Crippen molar-refractivity contribution in [2.45, 2.75) is 66.8 Å². The fraction of sp³-hybridized carbons (Fsp3) is 0.800. The molecule has 0 spiro atoms. The van der Waals surface area contributed by atoms with Crippen molar-refractivity contribution >= 4 is 0 Å². The van der Waals surface area contributed by atoms with Crippen LogP contribution in [0.2, 0.25) is 0 Å². The lowest BCUT2D eigenvalue weighted by atomic mass is 9.72. The van der Waals surface area contributed by atoms with Gasteiger partial charge in [0.05, 0.1) is 6.33 Å². The summed E-state index contributed by atoms with van der Waals surface area (Å²) in [5.41, 5.74) is 0.703. The van der Waals surface area contributed by atoms with Gasteiger partial charge in [0.2, 0.25) is 0 Å². The summed E-state index contributed by atoms with van der Waals surface area (Å²) in [5.74, 6) is 0. The van der Waals surface area contributed by atoms with Gasteiger partial charge in [0, 0.05) is 18.4 Å². The van der Waals surface area contributed by atoms with E-state index in [1.54, 1.807) is 0 Å². The zero-order valence-corrected chi connectivity index (χ0v) is 12.3. The highest BCUT2D eigenvalue weighted by Crippen LogP contribution is 2.43. The fourth-order valence-corrected chi connectivity index (χ4v) is 2.14. The summed E-state index contributed by atoms with van der Waals surface area (Å²) in [6, 6.07) is 0.532. The highest BCUT2D eigenvalue weighted by molar-refractivity contribution is 4.91. The smallest absolute Gasteiger partial charge is 0.0948 e. The lowest BCUT2D eigenvalue weighted by Gasteiger charge is -2.39. The SMILES string of the molecule is CCC(C)(C)CC(n1ccnc1)C(C)(C)CC. The van der Waals surface area contributed by atoms with Gasteiger partial charge in [-0.15, -0.1) is 0 Å². The number of rotatable bonds is 6. The van der Waals surface area contributed by atoms with Crippen molar-refractivity contribution in [3.8, 4) is 0 Å². The van der Waals surface area contributed by atoms with Crippen LogP contribution in [0.25, 0.3) is 0 Å². The average molecular weight is 236 g/mol. The molecule has 1 rings (SSSR count). The Morgan fingerprint density at radius 1 is 1.12 bits per heavy atom. The van der Waals surface area contributed by atoms with E-state index in [-0.39, 0.29) is 0 Å². The van der Waals surface area contributed by atoms with Crippen LogP contribution in [0, 0.1) is 10.8 Å². The van der Waals surface area contributed by atoms with E-state index < -0.39 is 0 Å². The van der Waals surface area contributed by atoms with E-state index in [0.717, 1.165) is 0 Å². The van der Waals surface area contributed by atoms with Gasteiger partial charge in [0.1, 0.15) is 0 Å². The molecule has 1 aromatic heterocycles. The van der Waals surface area contributed by atoms with Crippen LogP contribution in [-0.4, -0.2) is 9.55 Å². The molecule has 0 saturated carbocycles. The molecule has 0 aromatic carbocycles. The van der Waals surface area contributed by atoms with Crippen LogP contribution in [-0.2, 0) is 0 Å². The molecule has 2 nitrogen and oxygen atoms in total. The van der Waals surface area contributed by atoms with E-state index in [1.165, 1.54) is 19.3 Å². The Morgan fingerprint density at radius 2 is 1.76 bits per heavy atom. The lowest BCUT2D eigenvalue weighted by molar-refractivity contribution is 0.136. The van der Waals surface area contributed by atoms with Gasteiger partial charge in [0.15, 0.2) is 0 Å². The van der Waals surface area contributed by atoms with Crippen LogP contribution in [0.5, 0.6) is 0 Å². The second-order valence-corrected chi connectivity index (χ2v) is 6.59. The molecule has 2 heteroatoms. The van der Waals surface area contributed by atoms with Gasteiger partial charge in [-0.3, -0.25) is 0 Å². The van der Waals surface area contributed by atoms with E-state index in [0.29, 0.717) is 16.9 Å². The summed E-state index contributed by atoms with van der Waals surface area (Å²) < 4.78 is 2.29. The predicted molar refractivity (Wildman–Crippen MR) is 74.0 cm³/mol. The number of hydrogen-bond donors (Lipinski definition) is 0. The summed E-state index contributed by atoms with van der Waals surface area (Å²) in [6.45, 7) is 14.0. The van der Waals surface area contributed by atoms with Gasteiger partial charge in [-0.2, -0.15) is 0 Å². The molecule has 0 bridgehead atoms. The summed E-state index contributed by atoms with van der Waals surface area (Å²) in [4.78, 5) is 4.21. The van der Waals surface area contributed by atoms with Crippen LogP contribution in [0.1, 0.15) is 66.8 Å². The van der Waals surface area contributed by atoms with Gasteiger partial charge in [-0.05, 0) is 23.7 Å². The molecular weight excluding hydrogens is 208 g/mol. The lowest BCUT2D eigenvalue weighted by Crippen LogP contribution is -2.30. The molecule has 0 aliphatic heterocycles. The molecule has 0 fully saturated rings. The average Bonchev–Trinajstić information content (AvgIpc) is 2.79. The molecule has 0 radical (unpaired) electrons. The molecular formula is C15H28N2. The van der Waals surface area contributed by atoms with Gasteiger partial charge in [-0.25, -0.2) is 4.98 Å². The molecule has 98 valence electrons. The maximum Gasteiger partial charge on any atom is 0.0948 e. The molecule has 0 aliphatic rings. The Balaban J connectivity index is 2.96. The molecule has 0 amide bonds. The van der Waals surface area contributed by atoms with Crippen LogP contribution in [0.3, 0.4) is 0 Å². The molecule has 1 atom stereocenters. The molecule has 1 unspecified atom stereocenters. The molecule has 0 aliphatic carbocycles. The largest absolute Gasteiger partial charge is 0.334 e. The molecule has 17 heavy (non-hydrogen) atoms. The second-order valence-electron chi connectivity index (χ2n) is 6.59. The zero-order valence-electron chi connectivity index (χ0n) is 12.3. The third-order valence-corrected chi connectivity index (χ3v) is 4.40. The normalized spacial score (nSPS) is 14.9. The number of hydrogen-bond acceptors (Lipinski definition) is 1. The van der Waals surface area contributed by atoms with Crippen molar-refractivity contribution in [3.63, 3.8) is 0 Å². The van der Waals surface area contributed by atoms with E-state index in [1.807, 2.05) is 12.5 Å². The van der Waals surface area contributed by atoms with Crippen molar-refractivity contribution in [2.75, 3.05) is 0 Å². The van der Waals surface area contributed by atoms with Gasteiger partial charge in [-0.1, -0.05) is 48.0 Å². The second kappa shape index (κ2) is 5.24. The monoisotopic (exact) mass is 236 g/mol. The maximum absolute atomic E-state index is 4.21. The van der Waals surface area contributed by atoms with E-state index >= 15 is 0 Å². The van der Waals surface area contributed by atoms with Crippen molar-refractivity contribution < 1.29 is 0 Å². The first-order valence-electron chi connectivity index (χ1n) is 6.80. The summed E-state index contributed by atoms with van der Waals surface area (Å²) in [6.07, 6.45) is 9.58. The fourth-order valence-electron chi connectivity index (χ4n) is 2.14. The Hall–Kier alpha value is -0.790. The zero-order chi connectivity index (χ0) is 13.1. The summed E-state index contributed by atoms with van der Waals surface area (Å²) >= 11 is 0. The first-order chi connectivity index (χ1) is 7.82. The molecule has 0 N–H and O–H groups in total. The van der Waals surface area contributed by atoms with Crippen molar-refractivity contribution in [1.29, 1.82) is 0 Å². The predicted octanol–water partition coefficient (Wildman–Crippen LogP) is 4.69. The van der Waals surface area contributed by atoms with Gasteiger partial charge >= 0.3 is 0 Å². The highest BCUT2D eigenvalue weighted by Gasteiger charge is 2.33. The van der Waals surface area contributed by atoms with Crippen molar-refractivity contribution in [2.24, 2.45) is 10.8 Å². The van der Waals surface area contributed by atoms with Crippen LogP contribution in [0.15, 0.2) is 18.7 Å². The number of imidazole rings is 1. The van der Waals surface area contributed by atoms with Gasteiger partial charge in [0.25, 0.3) is 0 Å². The van der Waals surface area contributed by atoms with Gasteiger partial charge < -0.3 is 4.57 Å². The Kier molecular flexibility index (Phi) is 4.40. The molecule has 1 aromatic rings. The van der Waals surface area contributed by atoms with Crippen LogP contribution >= 0.6 is 0 Å². The quantitative estimate of drug-likeness (QED) is 0.701. The van der Waals surface area contributed by atoms with E-state index in [9.17, 15) is 0 Å². The van der Waals surface area contributed by atoms with E-state index in [2.05, 4.69) is 57.3 Å². The van der Waals surface area contributed by atoms with Crippen molar-refractivity contribution in [3.05, 3.63) is 18.7 Å².